The Bertz CT molecular complexity index is 938. The van der Waals surface area contributed by atoms with Gasteiger partial charge in [-0.05, 0) is 56.5 Å². The number of nitrogens with one attached hydrogen (secondary N) is 1. The predicted molar refractivity (Wildman–Crippen MR) is 123 cm³/mol. The first kappa shape index (κ1) is 23.3. The first-order valence-corrected chi connectivity index (χ1v) is 12.6. The smallest absolute Gasteiger partial charge is 0.243 e. The third-order valence-electron chi connectivity index (χ3n) is 4.45. The van der Waals surface area contributed by atoms with Gasteiger partial charge in [0, 0.05) is 18.1 Å². The Balaban J connectivity index is 1.95. The average Bonchev–Trinajstić information content (AvgIpc) is 2.59. The summed E-state index contributed by atoms with van der Waals surface area (Å²) in [6, 6.07) is 13.1. The van der Waals surface area contributed by atoms with Crippen LogP contribution in [0.3, 0.4) is 0 Å². The lowest BCUT2D eigenvalue weighted by molar-refractivity contribution is -0.121. The van der Waals surface area contributed by atoms with Crippen LogP contribution < -0.4 is 9.62 Å². The van der Waals surface area contributed by atoms with E-state index < -0.39 is 16.1 Å². The first-order valence-electron chi connectivity index (χ1n) is 9.56. The number of nitrogens with zero attached hydrogens (tertiary/aromatic N) is 1. The molecule has 1 unspecified atom stereocenters. The molecule has 0 bridgehead atoms. The van der Waals surface area contributed by atoms with Crippen LogP contribution in [0, 0.1) is 20.8 Å². The highest BCUT2D eigenvalue weighted by atomic mass is 32.2. The summed E-state index contributed by atoms with van der Waals surface area (Å²) >= 11 is 1.74. The molecule has 158 valence electrons. The van der Waals surface area contributed by atoms with Crippen molar-refractivity contribution in [1.29, 1.82) is 0 Å². The van der Waals surface area contributed by atoms with Crippen molar-refractivity contribution in [2.24, 2.45) is 0 Å². The van der Waals surface area contributed by atoms with Gasteiger partial charge in [0.1, 0.15) is 6.04 Å². The monoisotopic (exact) mass is 434 g/mol. The van der Waals surface area contributed by atoms with Crippen molar-refractivity contribution < 1.29 is 13.2 Å². The van der Waals surface area contributed by atoms with E-state index in [9.17, 15) is 13.2 Å². The molecule has 0 spiro atoms. The van der Waals surface area contributed by atoms with E-state index in [-0.39, 0.29) is 5.91 Å². The lowest BCUT2D eigenvalue weighted by atomic mass is 10.1. The van der Waals surface area contributed by atoms with Crippen molar-refractivity contribution in [3.63, 3.8) is 0 Å². The fourth-order valence-electron chi connectivity index (χ4n) is 3.27. The van der Waals surface area contributed by atoms with Crippen LogP contribution in [0.4, 0.5) is 5.69 Å². The number of thioether (sulfide) groups is 1. The molecule has 5 nitrogen and oxygen atoms in total. The molecule has 1 atom stereocenters. The minimum absolute atomic E-state index is 0.300. The Labute approximate surface area is 178 Å². The van der Waals surface area contributed by atoms with Crippen LogP contribution in [0.1, 0.15) is 29.2 Å². The van der Waals surface area contributed by atoms with E-state index in [4.69, 9.17) is 0 Å². The maximum Gasteiger partial charge on any atom is 0.243 e. The minimum Gasteiger partial charge on any atom is -0.353 e. The molecule has 0 saturated heterocycles. The predicted octanol–water partition coefficient (Wildman–Crippen LogP) is 3.82. The largest absolute Gasteiger partial charge is 0.353 e. The fraction of sp³-hybridized carbons (Fsp3) is 0.409. The highest BCUT2D eigenvalue weighted by Crippen LogP contribution is 2.24. The molecule has 1 N–H and O–H groups in total. The second kappa shape index (κ2) is 10.2. The van der Waals surface area contributed by atoms with E-state index in [1.54, 1.807) is 30.8 Å². The van der Waals surface area contributed by atoms with Gasteiger partial charge >= 0.3 is 0 Å². The van der Waals surface area contributed by atoms with Crippen molar-refractivity contribution in [3.8, 4) is 0 Å². The van der Waals surface area contributed by atoms with Crippen LogP contribution >= 0.6 is 11.8 Å². The van der Waals surface area contributed by atoms with Crippen molar-refractivity contribution in [2.45, 2.75) is 39.5 Å². The number of hydrogen-bond acceptors (Lipinski definition) is 4. The SMILES string of the molecule is Cc1cccc(CSCCNC(=O)C(C)N(c2cc(C)cc(C)c2)S(C)(=O)=O)c1. The van der Waals surface area contributed by atoms with Crippen molar-refractivity contribution in [1.82, 2.24) is 5.32 Å². The first-order chi connectivity index (χ1) is 13.6. The third-order valence-corrected chi connectivity index (χ3v) is 6.72. The summed E-state index contributed by atoms with van der Waals surface area (Å²) < 4.78 is 26.0. The zero-order valence-electron chi connectivity index (χ0n) is 17.7. The number of amides is 1. The quantitative estimate of drug-likeness (QED) is 0.610. The van der Waals surface area contributed by atoms with Gasteiger partial charge in [0.15, 0.2) is 0 Å². The molecule has 2 aromatic rings. The summed E-state index contributed by atoms with van der Waals surface area (Å²) in [6.07, 6.45) is 1.13. The molecule has 0 aliphatic rings. The molecule has 0 aromatic heterocycles. The van der Waals surface area contributed by atoms with Gasteiger partial charge in [-0.1, -0.05) is 35.9 Å². The van der Waals surface area contributed by atoms with Gasteiger partial charge in [0.05, 0.1) is 11.9 Å². The lowest BCUT2D eigenvalue weighted by Gasteiger charge is -2.28. The maximum atomic E-state index is 12.6. The number of rotatable bonds is 9. The van der Waals surface area contributed by atoms with Gasteiger partial charge in [-0.3, -0.25) is 9.10 Å². The molecular weight excluding hydrogens is 404 g/mol. The number of hydrogen-bond donors (Lipinski definition) is 1. The molecule has 0 radical (unpaired) electrons. The van der Waals surface area contributed by atoms with Crippen molar-refractivity contribution >= 4 is 33.4 Å². The van der Waals surface area contributed by atoms with Crippen LogP contribution in [0.25, 0.3) is 0 Å². The molecule has 0 heterocycles. The standard InChI is InChI=1S/C22H30N2O3S2/c1-16-7-6-8-20(12-16)15-28-10-9-23-22(25)19(4)24(29(5,26)27)21-13-17(2)11-18(3)14-21/h6-8,11-14,19H,9-10,15H2,1-5H3,(H,23,25). The molecule has 0 aliphatic carbocycles. The molecule has 2 aromatic carbocycles. The Morgan fingerprint density at radius 1 is 1.07 bits per heavy atom. The Morgan fingerprint density at radius 3 is 2.31 bits per heavy atom. The number of aryl methyl sites for hydroxylation is 3. The Hall–Kier alpha value is -1.99. The van der Waals surface area contributed by atoms with E-state index in [0.29, 0.717) is 12.2 Å². The summed E-state index contributed by atoms with van der Waals surface area (Å²) in [7, 11) is -3.60. The van der Waals surface area contributed by atoms with E-state index in [2.05, 4.69) is 30.4 Å². The van der Waals surface area contributed by atoms with Crippen LogP contribution in [0.2, 0.25) is 0 Å². The summed E-state index contributed by atoms with van der Waals surface area (Å²) in [4.78, 5) is 12.6. The maximum absolute atomic E-state index is 12.6. The molecule has 0 aliphatic heterocycles. The second-order valence-electron chi connectivity index (χ2n) is 7.41. The van der Waals surface area contributed by atoms with Gasteiger partial charge in [0.25, 0.3) is 0 Å². The number of carbonyl (C=O) groups is 1. The minimum atomic E-state index is -3.60. The van der Waals surface area contributed by atoms with Gasteiger partial charge < -0.3 is 5.32 Å². The zero-order valence-corrected chi connectivity index (χ0v) is 19.4. The lowest BCUT2D eigenvalue weighted by Crippen LogP contribution is -2.48. The molecule has 2 rings (SSSR count). The van der Waals surface area contributed by atoms with E-state index in [0.717, 1.165) is 28.9 Å². The number of carbonyl (C=O) groups excluding carboxylic acids is 1. The van der Waals surface area contributed by atoms with E-state index in [1.807, 2.05) is 26.0 Å². The summed E-state index contributed by atoms with van der Waals surface area (Å²) in [6.45, 7) is 8.00. The molecule has 29 heavy (non-hydrogen) atoms. The summed E-state index contributed by atoms with van der Waals surface area (Å²) in [5, 5.41) is 2.87. The molecule has 1 amide bonds. The fourth-order valence-corrected chi connectivity index (χ4v) is 5.24. The molecular formula is C22H30N2O3S2. The van der Waals surface area contributed by atoms with Gasteiger partial charge in [0.2, 0.25) is 15.9 Å². The topological polar surface area (TPSA) is 66.5 Å². The third kappa shape index (κ3) is 7.08. The second-order valence-corrected chi connectivity index (χ2v) is 10.4. The van der Waals surface area contributed by atoms with Crippen molar-refractivity contribution in [3.05, 3.63) is 64.7 Å². The molecule has 0 fully saturated rings. The van der Waals surface area contributed by atoms with Gasteiger partial charge in [-0.15, -0.1) is 0 Å². The normalized spacial score (nSPS) is 12.4. The molecule has 7 heteroatoms. The van der Waals surface area contributed by atoms with Crippen LogP contribution in [0.5, 0.6) is 0 Å². The Kier molecular flexibility index (Phi) is 8.16. The van der Waals surface area contributed by atoms with Gasteiger partial charge in [-0.25, -0.2) is 8.42 Å². The number of benzene rings is 2. The van der Waals surface area contributed by atoms with Crippen LogP contribution in [-0.2, 0) is 20.6 Å². The van der Waals surface area contributed by atoms with Gasteiger partial charge in [-0.2, -0.15) is 11.8 Å². The average molecular weight is 435 g/mol. The van der Waals surface area contributed by atoms with E-state index >= 15 is 0 Å². The highest BCUT2D eigenvalue weighted by molar-refractivity contribution is 7.98. The van der Waals surface area contributed by atoms with Crippen LogP contribution in [-0.4, -0.2) is 38.9 Å². The van der Waals surface area contributed by atoms with E-state index in [1.165, 1.54) is 15.4 Å². The highest BCUT2D eigenvalue weighted by Gasteiger charge is 2.29. The summed E-state index contributed by atoms with van der Waals surface area (Å²) in [5.74, 6) is 1.34. The van der Waals surface area contributed by atoms with Crippen LogP contribution in [0.15, 0.2) is 42.5 Å². The summed E-state index contributed by atoms with van der Waals surface area (Å²) in [5.41, 5.74) is 4.91. The zero-order chi connectivity index (χ0) is 21.6. The Morgan fingerprint density at radius 2 is 1.72 bits per heavy atom. The van der Waals surface area contributed by atoms with Crippen molar-refractivity contribution in [2.75, 3.05) is 22.9 Å². The number of anilines is 1. The molecule has 0 saturated carbocycles. The number of sulfonamides is 1.